The summed E-state index contributed by atoms with van der Waals surface area (Å²) in [6.07, 6.45) is 5.51. The van der Waals surface area contributed by atoms with E-state index in [0.29, 0.717) is 24.7 Å². The molecule has 1 aliphatic carbocycles. The number of carbonyl (C=O) groups excluding carboxylic acids is 1. The van der Waals surface area contributed by atoms with Gasteiger partial charge in [0.2, 0.25) is 5.91 Å². The van der Waals surface area contributed by atoms with Crippen molar-refractivity contribution in [1.29, 1.82) is 0 Å². The zero-order chi connectivity index (χ0) is 21.1. The van der Waals surface area contributed by atoms with Gasteiger partial charge in [-0.15, -0.1) is 0 Å². The number of nitrogens with one attached hydrogen (secondary N) is 1. The van der Waals surface area contributed by atoms with Gasteiger partial charge in [-0.3, -0.25) is 14.6 Å². The Morgan fingerprint density at radius 3 is 2.27 bits per heavy atom. The number of nitrogens with zero attached hydrogens (tertiary/aromatic N) is 2. The van der Waals surface area contributed by atoms with E-state index in [1.54, 1.807) is 0 Å². The lowest BCUT2D eigenvalue weighted by Crippen LogP contribution is -2.49. The van der Waals surface area contributed by atoms with Gasteiger partial charge in [0.05, 0.1) is 24.8 Å². The average Bonchev–Trinajstić information content (AvgIpc) is 3.53. The van der Waals surface area contributed by atoms with Gasteiger partial charge in [0.25, 0.3) is 0 Å². The van der Waals surface area contributed by atoms with Crippen LogP contribution in [0.3, 0.4) is 0 Å². The first-order valence-electron chi connectivity index (χ1n) is 11.9. The molecule has 1 amide bonds. The topological polar surface area (TPSA) is 44.8 Å². The molecule has 3 fully saturated rings. The number of benzene rings is 1. The minimum absolute atomic E-state index is 0.181. The van der Waals surface area contributed by atoms with Gasteiger partial charge >= 0.3 is 0 Å². The lowest BCUT2D eigenvalue weighted by Gasteiger charge is -2.39. The number of morpholine rings is 1. The number of likely N-dealkylation sites (tertiary alicyclic amines) is 1. The zero-order valence-corrected chi connectivity index (χ0v) is 19.0. The first-order chi connectivity index (χ1) is 14.5. The van der Waals surface area contributed by atoms with E-state index in [9.17, 15) is 4.79 Å². The fourth-order valence-corrected chi connectivity index (χ4v) is 5.22. The lowest BCUT2D eigenvalue weighted by atomic mass is 9.95. The van der Waals surface area contributed by atoms with E-state index in [2.05, 4.69) is 60.2 Å². The number of hydrogen-bond donors (Lipinski definition) is 1. The predicted octanol–water partition coefficient (Wildman–Crippen LogP) is 3.38. The second-order valence-corrected chi connectivity index (χ2v) is 9.99. The van der Waals surface area contributed by atoms with Crippen LogP contribution in [0.25, 0.3) is 0 Å². The van der Waals surface area contributed by atoms with Crippen LogP contribution in [0.4, 0.5) is 0 Å². The Labute approximate surface area is 182 Å². The van der Waals surface area contributed by atoms with Gasteiger partial charge in [-0.25, -0.2) is 0 Å². The van der Waals surface area contributed by atoms with Crippen LogP contribution < -0.4 is 5.32 Å². The van der Waals surface area contributed by atoms with Crippen LogP contribution in [-0.2, 0) is 9.53 Å². The van der Waals surface area contributed by atoms with Crippen LogP contribution in [-0.4, -0.2) is 67.2 Å². The second-order valence-electron chi connectivity index (χ2n) is 9.99. The molecule has 1 aromatic rings. The molecule has 1 aromatic carbocycles. The van der Waals surface area contributed by atoms with Gasteiger partial charge in [0, 0.05) is 19.6 Å². The molecule has 3 unspecified atom stereocenters. The van der Waals surface area contributed by atoms with E-state index in [-0.39, 0.29) is 11.9 Å². The minimum atomic E-state index is 0.181. The normalized spacial score (nSPS) is 27.7. The molecule has 0 radical (unpaired) electrons. The first-order valence-corrected chi connectivity index (χ1v) is 11.9. The predicted molar refractivity (Wildman–Crippen MR) is 120 cm³/mol. The van der Waals surface area contributed by atoms with Crippen molar-refractivity contribution in [3.8, 4) is 0 Å². The number of piperidine rings is 1. The number of amides is 1. The van der Waals surface area contributed by atoms with Crippen LogP contribution >= 0.6 is 0 Å². The summed E-state index contributed by atoms with van der Waals surface area (Å²) in [5.74, 6) is 1.54. The quantitative estimate of drug-likeness (QED) is 0.744. The van der Waals surface area contributed by atoms with Crippen molar-refractivity contribution in [2.45, 2.75) is 64.7 Å². The molecule has 1 saturated carbocycles. The molecule has 166 valence electrons. The highest BCUT2D eigenvalue weighted by atomic mass is 16.5. The Bertz CT molecular complexity index is 685. The van der Waals surface area contributed by atoms with Crippen molar-refractivity contribution in [2.24, 2.45) is 11.8 Å². The molecule has 3 atom stereocenters. The van der Waals surface area contributed by atoms with Gasteiger partial charge in [-0.1, -0.05) is 29.8 Å². The summed E-state index contributed by atoms with van der Waals surface area (Å²) in [5.41, 5.74) is 2.52. The van der Waals surface area contributed by atoms with Crippen LogP contribution in [0.5, 0.6) is 0 Å². The molecule has 1 N–H and O–H groups in total. The Morgan fingerprint density at radius 2 is 1.67 bits per heavy atom. The maximum atomic E-state index is 12.8. The molecule has 3 aliphatic rings. The van der Waals surface area contributed by atoms with Crippen molar-refractivity contribution < 1.29 is 9.53 Å². The average molecular weight is 414 g/mol. The van der Waals surface area contributed by atoms with Crippen molar-refractivity contribution in [3.63, 3.8) is 0 Å². The lowest BCUT2D eigenvalue weighted by molar-refractivity contribution is -0.123. The van der Waals surface area contributed by atoms with Crippen molar-refractivity contribution in [1.82, 2.24) is 15.1 Å². The van der Waals surface area contributed by atoms with Gasteiger partial charge in [-0.05, 0) is 76.9 Å². The summed E-state index contributed by atoms with van der Waals surface area (Å²) in [6, 6.07) is 8.84. The molecule has 0 spiro atoms. The number of hydrogen-bond acceptors (Lipinski definition) is 4. The third-order valence-electron chi connectivity index (χ3n) is 6.93. The molecular formula is C25H39N3O2. The summed E-state index contributed by atoms with van der Waals surface area (Å²) in [6.45, 7) is 12.3. The van der Waals surface area contributed by atoms with Gasteiger partial charge in [0.15, 0.2) is 0 Å². The molecule has 5 nitrogen and oxygen atoms in total. The summed E-state index contributed by atoms with van der Waals surface area (Å²) in [7, 11) is 0. The third-order valence-corrected chi connectivity index (χ3v) is 6.93. The number of rotatable bonds is 7. The van der Waals surface area contributed by atoms with Gasteiger partial charge in [-0.2, -0.15) is 0 Å². The molecule has 4 rings (SSSR count). The highest BCUT2D eigenvalue weighted by Crippen LogP contribution is 2.41. The smallest absolute Gasteiger partial charge is 0.234 e. The maximum absolute atomic E-state index is 12.8. The van der Waals surface area contributed by atoms with Crippen molar-refractivity contribution in [2.75, 3.05) is 39.3 Å². The Kier molecular flexibility index (Phi) is 7.12. The monoisotopic (exact) mass is 413 g/mol. The Balaban J connectivity index is 1.21. The number of carbonyl (C=O) groups is 1. The summed E-state index contributed by atoms with van der Waals surface area (Å²) >= 11 is 0. The molecule has 2 aliphatic heterocycles. The van der Waals surface area contributed by atoms with Crippen LogP contribution in [0.2, 0.25) is 0 Å². The van der Waals surface area contributed by atoms with E-state index in [1.165, 1.54) is 43.4 Å². The highest BCUT2D eigenvalue weighted by molar-refractivity contribution is 5.78. The summed E-state index contributed by atoms with van der Waals surface area (Å²) in [4.78, 5) is 17.7. The Hall–Kier alpha value is -1.43. The zero-order valence-electron chi connectivity index (χ0n) is 19.0. The van der Waals surface area contributed by atoms with Crippen molar-refractivity contribution in [3.05, 3.63) is 35.4 Å². The van der Waals surface area contributed by atoms with Crippen molar-refractivity contribution >= 4 is 5.91 Å². The minimum Gasteiger partial charge on any atom is -0.373 e. The molecule has 2 saturated heterocycles. The van der Waals surface area contributed by atoms with Crippen LogP contribution in [0.1, 0.15) is 56.7 Å². The van der Waals surface area contributed by atoms with E-state index in [4.69, 9.17) is 4.74 Å². The van der Waals surface area contributed by atoms with Crippen LogP contribution in [0.15, 0.2) is 24.3 Å². The standard InChI is InChI=1S/C25H39N3O2/c1-18-4-6-22(7-5-18)25(23-8-9-23)26-24(29)17-27-12-10-21(11-13-27)16-28-14-19(2)30-20(3)15-28/h4-7,19-21,23,25H,8-17H2,1-3H3,(H,26,29). The molecule has 5 heteroatoms. The fraction of sp³-hybridized carbons (Fsp3) is 0.720. The van der Waals surface area contributed by atoms with E-state index < -0.39 is 0 Å². The maximum Gasteiger partial charge on any atom is 0.234 e. The SMILES string of the molecule is Cc1ccc(C(NC(=O)CN2CCC(CN3CC(C)OC(C)C3)CC2)C2CC2)cc1. The molecular weight excluding hydrogens is 374 g/mol. The van der Waals surface area contributed by atoms with Gasteiger partial charge in [0.1, 0.15) is 0 Å². The molecule has 30 heavy (non-hydrogen) atoms. The molecule has 0 aromatic heterocycles. The first kappa shape index (κ1) is 21.8. The largest absolute Gasteiger partial charge is 0.373 e. The van der Waals surface area contributed by atoms with Crippen LogP contribution in [0, 0.1) is 18.8 Å². The van der Waals surface area contributed by atoms with E-state index in [0.717, 1.165) is 32.1 Å². The number of aryl methyl sites for hydroxylation is 1. The molecule has 2 heterocycles. The highest BCUT2D eigenvalue weighted by Gasteiger charge is 2.34. The Morgan fingerprint density at radius 1 is 1.03 bits per heavy atom. The van der Waals surface area contributed by atoms with Gasteiger partial charge < -0.3 is 10.1 Å². The molecule has 0 bridgehead atoms. The third kappa shape index (κ3) is 6.05. The second kappa shape index (κ2) is 9.80. The van der Waals surface area contributed by atoms with E-state index in [1.807, 2.05) is 0 Å². The summed E-state index contributed by atoms with van der Waals surface area (Å²) in [5, 5.41) is 3.35. The van der Waals surface area contributed by atoms with E-state index >= 15 is 0 Å². The summed E-state index contributed by atoms with van der Waals surface area (Å²) < 4.78 is 5.86. The number of ether oxygens (including phenoxy) is 1. The fourth-order valence-electron chi connectivity index (χ4n) is 5.22.